The van der Waals surface area contributed by atoms with Crippen molar-refractivity contribution in [3.05, 3.63) is 29.3 Å². The number of nitrogens with zero attached hydrogens (tertiary/aromatic N) is 3. The second kappa shape index (κ2) is 6.69. The summed E-state index contributed by atoms with van der Waals surface area (Å²) in [6.45, 7) is 9.91. The van der Waals surface area contributed by atoms with Crippen LogP contribution in [0, 0.1) is 0 Å². The van der Waals surface area contributed by atoms with E-state index in [0.29, 0.717) is 0 Å². The van der Waals surface area contributed by atoms with Gasteiger partial charge in [-0.3, -0.25) is 4.90 Å². The third-order valence-corrected chi connectivity index (χ3v) is 5.07. The number of likely N-dealkylation sites (N-methyl/N-ethyl adjacent to an activating group) is 1. The third kappa shape index (κ3) is 2.98. The summed E-state index contributed by atoms with van der Waals surface area (Å²) in [5, 5.41) is 0. The number of aryl methyl sites for hydroxylation is 2. The summed E-state index contributed by atoms with van der Waals surface area (Å²) in [5.74, 6) is 0. The first kappa shape index (κ1) is 15.3. The van der Waals surface area contributed by atoms with Crippen molar-refractivity contribution in [2.45, 2.75) is 33.1 Å². The Morgan fingerprint density at radius 3 is 2.64 bits per heavy atom. The van der Waals surface area contributed by atoms with Gasteiger partial charge in [-0.2, -0.15) is 0 Å². The quantitative estimate of drug-likeness (QED) is 0.808. The number of rotatable bonds is 6. The summed E-state index contributed by atoms with van der Waals surface area (Å²) in [6, 6.07) is 6.73. The fourth-order valence-electron chi connectivity index (χ4n) is 3.56. The molecule has 1 aliphatic carbocycles. The van der Waals surface area contributed by atoms with Gasteiger partial charge < -0.3 is 9.80 Å². The van der Waals surface area contributed by atoms with Crippen LogP contribution >= 0.6 is 0 Å². The fraction of sp³-hybridized carbons (Fsp3) is 0.611. The van der Waals surface area contributed by atoms with Crippen LogP contribution in [0.5, 0.6) is 0 Å². The molecule has 0 bridgehead atoms. The van der Waals surface area contributed by atoms with Gasteiger partial charge in [0.15, 0.2) is 0 Å². The maximum Gasteiger partial charge on any atom is 0.324 e. The minimum absolute atomic E-state index is 0.171. The van der Waals surface area contributed by atoms with Gasteiger partial charge in [0.25, 0.3) is 0 Å². The van der Waals surface area contributed by atoms with Crippen LogP contribution < -0.4 is 4.90 Å². The van der Waals surface area contributed by atoms with Crippen LogP contribution in [0.2, 0.25) is 0 Å². The van der Waals surface area contributed by atoms with Gasteiger partial charge in [-0.05, 0) is 55.6 Å². The Morgan fingerprint density at radius 2 is 1.86 bits per heavy atom. The second-order valence-corrected chi connectivity index (χ2v) is 6.25. The SMILES string of the molecule is CCN(CC)CCN1CCN(c2ccc3c(c2)CCC3)C1=O. The molecule has 4 heteroatoms. The molecule has 4 nitrogen and oxygen atoms in total. The number of benzene rings is 1. The second-order valence-electron chi connectivity index (χ2n) is 6.25. The van der Waals surface area contributed by atoms with E-state index in [9.17, 15) is 4.79 Å². The summed E-state index contributed by atoms with van der Waals surface area (Å²) in [6.07, 6.45) is 3.61. The van der Waals surface area contributed by atoms with E-state index in [1.807, 2.05) is 9.80 Å². The molecule has 2 aliphatic rings. The molecule has 22 heavy (non-hydrogen) atoms. The van der Waals surface area contributed by atoms with Crippen LogP contribution in [0.25, 0.3) is 0 Å². The largest absolute Gasteiger partial charge is 0.324 e. The number of hydrogen-bond acceptors (Lipinski definition) is 2. The van der Waals surface area contributed by atoms with Gasteiger partial charge in [0.1, 0.15) is 0 Å². The van der Waals surface area contributed by atoms with E-state index in [4.69, 9.17) is 0 Å². The van der Waals surface area contributed by atoms with Crippen molar-refractivity contribution in [1.29, 1.82) is 0 Å². The molecule has 1 aliphatic heterocycles. The number of fused-ring (bicyclic) bond motifs is 1. The van der Waals surface area contributed by atoms with Crippen molar-refractivity contribution >= 4 is 11.7 Å². The Morgan fingerprint density at radius 1 is 1.09 bits per heavy atom. The maximum atomic E-state index is 12.6. The topological polar surface area (TPSA) is 26.8 Å². The zero-order valence-electron chi connectivity index (χ0n) is 13.8. The first-order valence-corrected chi connectivity index (χ1v) is 8.63. The van der Waals surface area contributed by atoms with Crippen LogP contribution in [0.4, 0.5) is 10.5 Å². The highest BCUT2D eigenvalue weighted by Gasteiger charge is 2.29. The van der Waals surface area contributed by atoms with E-state index in [0.717, 1.165) is 51.4 Å². The first-order chi connectivity index (χ1) is 10.7. The molecule has 3 rings (SSSR count). The van der Waals surface area contributed by atoms with Crippen LogP contribution in [0.3, 0.4) is 0 Å². The normalized spacial score (nSPS) is 17.7. The summed E-state index contributed by atoms with van der Waals surface area (Å²) < 4.78 is 0. The molecule has 0 radical (unpaired) electrons. The predicted molar refractivity (Wildman–Crippen MR) is 90.6 cm³/mol. The average molecular weight is 301 g/mol. The standard InChI is InChI=1S/C18H27N3O/c1-3-19(4-2)10-11-20-12-13-21(18(20)22)17-9-8-15-6-5-7-16(15)14-17/h8-9,14H,3-7,10-13H2,1-2H3. The molecule has 0 saturated carbocycles. The van der Waals surface area contributed by atoms with Gasteiger partial charge in [0.2, 0.25) is 0 Å². The van der Waals surface area contributed by atoms with Crippen molar-refractivity contribution in [1.82, 2.24) is 9.80 Å². The van der Waals surface area contributed by atoms with E-state index in [2.05, 4.69) is 36.9 Å². The number of anilines is 1. The lowest BCUT2D eigenvalue weighted by molar-refractivity contribution is 0.207. The zero-order chi connectivity index (χ0) is 15.5. The number of carbonyl (C=O) groups is 1. The lowest BCUT2D eigenvalue weighted by atomic mass is 10.1. The molecule has 1 saturated heterocycles. The minimum Gasteiger partial charge on any atom is -0.321 e. The van der Waals surface area contributed by atoms with E-state index in [1.54, 1.807) is 0 Å². The summed E-state index contributed by atoms with van der Waals surface area (Å²) in [7, 11) is 0. The van der Waals surface area contributed by atoms with Crippen molar-refractivity contribution in [3.8, 4) is 0 Å². The van der Waals surface area contributed by atoms with Crippen molar-refractivity contribution < 1.29 is 4.79 Å². The molecule has 1 heterocycles. The Balaban J connectivity index is 1.63. The molecular weight excluding hydrogens is 274 g/mol. The molecule has 2 amide bonds. The molecule has 0 spiro atoms. The van der Waals surface area contributed by atoms with E-state index < -0.39 is 0 Å². The van der Waals surface area contributed by atoms with Gasteiger partial charge in [0.05, 0.1) is 0 Å². The molecule has 0 atom stereocenters. The number of hydrogen-bond donors (Lipinski definition) is 0. The van der Waals surface area contributed by atoms with Crippen LogP contribution in [-0.2, 0) is 12.8 Å². The van der Waals surface area contributed by atoms with Crippen molar-refractivity contribution in [3.63, 3.8) is 0 Å². The van der Waals surface area contributed by atoms with Gasteiger partial charge in [0, 0.05) is 31.9 Å². The third-order valence-electron chi connectivity index (χ3n) is 5.07. The van der Waals surface area contributed by atoms with E-state index in [-0.39, 0.29) is 6.03 Å². The number of urea groups is 1. The lowest BCUT2D eigenvalue weighted by Crippen LogP contribution is -2.38. The first-order valence-electron chi connectivity index (χ1n) is 8.63. The molecule has 0 unspecified atom stereocenters. The van der Waals surface area contributed by atoms with Crippen molar-refractivity contribution in [2.24, 2.45) is 0 Å². The van der Waals surface area contributed by atoms with Gasteiger partial charge >= 0.3 is 6.03 Å². The molecular formula is C18H27N3O. The van der Waals surface area contributed by atoms with Crippen LogP contribution in [0.15, 0.2) is 18.2 Å². The fourth-order valence-corrected chi connectivity index (χ4v) is 3.56. The summed E-state index contributed by atoms with van der Waals surface area (Å²) in [5.41, 5.74) is 3.98. The number of amides is 2. The van der Waals surface area contributed by atoms with Crippen LogP contribution in [0.1, 0.15) is 31.4 Å². The smallest absolute Gasteiger partial charge is 0.321 e. The predicted octanol–water partition coefficient (Wildman–Crippen LogP) is 2.76. The monoisotopic (exact) mass is 301 g/mol. The van der Waals surface area contributed by atoms with Crippen molar-refractivity contribution in [2.75, 3.05) is 44.2 Å². The van der Waals surface area contributed by atoms with Crippen LogP contribution in [-0.4, -0.2) is 55.1 Å². The van der Waals surface area contributed by atoms with Gasteiger partial charge in [-0.15, -0.1) is 0 Å². The molecule has 120 valence electrons. The molecule has 0 aromatic heterocycles. The van der Waals surface area contributed by atoms with Gasteiger partial charge in [-0.25, -0.2) is 4.79 Å². The Hall–Kier alpha value is -1.55. The Bertz CT molecular complexity index is 539. The highest BCUT2D eigenvalue weighted by atomic mass is 16.2. The molecule has 1 fully saturated rings. The summed E-state index contributed by atoms with van der Waals surface area (Å²) >= 11 is 0. The minimum atomic E-state index is 0.171. The number of carbonyl (C=O) groups excluding carboxylic acids is 1. The molecule has 1 aromatic rings. The van der Waals surface area contributed by atoms with E-state index in [1.165, 1.54) is 24.0 Å². The summed E-state index contributed by atoms with van der Waals surface area (Å²) in [4.78, 5) is 18.9. The average Bonchev–Trinajstić information content (AvgIpc) is 3.14. The zero-order valence-corrected chi connectivity index (χ0v) is 13.8. The Labute approximate surface area is 133 Å². The molecule has 0 N–H and O–H groups in total. The lowest BCUT2D eigenvalue weighted by Gasteiger charge is -2.23. The van der Waals surface area contributed by atoms with E-state index >= 15 is 0 Å². The highest BCUT2D eigenvalue weighted by Crippen LogP contribution is 2.28. The highest BCUT2D eigenvalue weighted by molar-refractivity contribution is 5.94. The Kier molecular flexibility index (Phi) is 4.67. The molecule has 1 aromatic carbocycles. The van der Waals surface area contributed by atoms with Gasteiger partial charge in [-0.1, -0.05) is 19.9 Å². The maximum absolute atomic E-state index is 12.6.